The predicted molar refractivity (Wildman–Crippen MR) is 123 cm³/mol. The van der Waals surface area contributed by atoms with Crippen LogP contribution in [-0.4, -0.2) is 34.8 Å². The van der Waals surface area contributed by atoms with E-state index < -0.39 is 0 Å². The van der Waals surface area contributed by atoms with Gasteiger partial charge in [0.2, 0.25) is 5.91 Å². The first-order valence-electron chi connectivity index (χ1n) is 10.6. The molecule has 0 radical (unpaired) electrons. The molecule has 1 fully saturated rings. The van der Waals surface area contributed by atoms with Crippen LogP contribution in [0.25, 0.3) is 21.5 Å². The van der Waals surface area contributed by atoms with Gasteiger partial charge < -0.3 is 10.2 Å². The number of hydrogen-bond donors (Lipinski definition) is 1. The third-order valence-electron chi connectivity index (χ3n) is 6.04. The molecular formula is C26H23N3O2. The Labute approximate surface area is 180 Å². The first-order chi connectivity index (χ1) is 15.2. The molecule has 4 aromatic rings. The van der Waals surface area contributed by atoms with E-state index in [2.05, 4.69) is 10.3 Å². The number of nitrogens with one attached hydrogen (secondary N) is 1. The summed E-state index contributed by atoms with van der Waals surface area (Å²) in [5.74, 6) is -0.282. The lowest BCUT2D eigenvalue weighted by atomic mass is 9.95. The van der Waals surface area contributed by atoms with Crippen LogP contribution >= 0.6 is 0 Å². The van der Waals surface area contributed by atoms with E-state index in [1.165, 1.54) is 0 Å². The lowest BCUT2D eigenvalue weighted by molar-refractivity contribution is -0.121. The van der Waals surface area contributed by atoms with E-state index in [4.69, 9.17) is 0 Å². The predicted octanol–water partition coefficient (Wildman–Crippen LogP) is 4.88. The first kappa shape index (κ1) is 19.2. The smallest absolute Gasteiger partial charge is 0.254 e. The minimum absolute atomic E-state index is 0.00876. The zero-order chi connectivity index (χ0) is 21.2. The van der Waals surface area contributed by atoms with Crippen molar-refractivity contribution < 1.29 is 9.59 Å². The quantitative estimate of drug-likeness (QED) is 0.525. The lowest BCUT2D eigenvalue weighted by Gasteiger charge is -2.32. The van der Waals surface area contributed by atoms with Crippen molar-refractivity contribution in [2.75, 3.05) is 18.4 Å². The molecule has 2 heterocycles. The number of rotatable bonds is 3. The summed E-state index contributed by atoms with van der Waals surface area (Å²) in [6.45, 7) is 1.10. The van der Waals surface area contributed by atoms with Gasteiger partial charge in [-0.25, -0.2) is 0 Å². The minimum atomic E-state index is -0.232. The zero-order valence-electron chi connectivity index (χ0n) is 17.1. The molecule has 1 saturated heterocycles. The Morgan fingerprint density at radius 2 is 1.71 bits per heavy atom. The number of carbonyl (C=O) groups excluding carboxylic acids is 2. The molecule has 1 aromatic heterocycles. The highest BCUT2D eigenvalue weighted by Crippen LogP contribution is 2.26. The van der Waals surface area contributed by atoms with E-state index in [1.54, 1.807) is 12.4 Å². The maximum atomic E-state index is 13.3. The van der Waals surface area contributed by atoms with Gasteiger partial charge in [-0.3, -0.25) is 14.6 Å². The standard InChI is InChI=1S/C26H23N3O2/c30-25(28-24-12-4-8-19-16-27-14-13-22(19)24)20-9-5-15-29(17-20)26(31)23-11-3-7-18-6-1-2-10-21(18)23/h1-4,6-8,10-14,16,20H,5,9,15,17H2,(H,28,30). The summed E-state index contributed by atoms with van der Waals surface area (Å²) in [5, 5.41) is 7.02. The summed E-state index contributed by atoms with van der Waals surface area (Å²) in [6.07, 6.45) is 5.10. The summed E-state index contributed by atoms with van der Waals surface area (Å²) in [5.41, 5.74) is 1.48. The Morgan fingerprint density at radius 1 is 0.903 bits per heavy atom. The van der Waals surface area contributed by atoms with Crippen molar-refractivity contribution >= 4 is 39.0 Å². The summed E-state index contributed by atoms with van der Waals surface area (Å²) in [4.78, 5) is 32.3. The van der Waals surface area contributed by atoms with Crippen LogP contribution in [0.5, 0.6) is 0 Å². The number of nitrogens with zero attached hydrogens (tertiary/aromatic N) is 2. The number of anilines is 1. The number of hydrogen-bond acceptors (Lipinski definition) is 3. The molecule has 0 bridgehead atoms. The van der Waals surface area contributed by atoms with Gasteiger partial charge in [-0.2, -0.15) is 0 Å². The monoisotopic (exact) mass is 409 g/mol. The van der Waals surface area contributed by atoms with Crippen LogP contribution < -0.4 is 5.32 Å². The van der Waals surface area contributed by atoms with Crippen molar-refractivity contribution in [1.29, 1.82) is 0 Å². The van der Waals surface area contributed by atoms with Crippen LogP contribution in [0.15, 0.2) is 79.1 Å². The highest BCUT2D eigenvalue weighted by Gasteiger charge is 2.29. The second-order valence-corrected chi connectivity index (χ2v) is 8.01. The molecule has 2 amide bonds. The van der Waals surface area contributed by atoms with E-state index in [9.17, 15) is 9.59 Å². The zero-order valence-corrected chi connectivity index (χ0v) is 17.1. The summed E-state index contributed by atoms with van der Waals surface area (Å²) < 4.78 is 0. The maximum absolute atomic E-state index is 13.3. The number of amides is 2. The van der Waals surface area contributed by atoms with Gasteiger partial charge in [0.1, 0.15) is 0 Å². The number of likely N-dealkylation sites (tertiary alicyclic amines) is 1. The fraction of sp³-hybridized carbons (Fsp3) is 0.192. The van der Waals surface area contributed by atoms with E-state index in [0.29, 0.717) is 18.7 Å². The van der Waals surface area contributed by atoms with E-state index in [0.717, 1.165) is 40.1 Å². The summed E-state index contributed by atoms with van der Waals surface area (Å²) in [6, 6.07) is 21.4. The number of piperidine rings is 1. The molecule has 154 valence electrons. The van der Waals surface area contributed by atoms with Gasteiger partial charge in [-0.05, 0) is 41.8 Å². The van der Waals surface area contributed by atoms with Crippen molar-refractivity contribution in [2.24, 2.45) is 5.92 Å². The number of aromatic nitrogens is 1. The average Bonchev–Trinajstić information content (AvgIpc) is 2.83. The molecule has 1 atom stereocenters. The van der Waals surface area contributed by atoms with Gasteiger partial charge in [0, 0.05) is 47.5 Å². The molecule has 0 aliphatic carbocycles. The number of carbonyl (C=O) groups is 2. The van der Waals surface area contributed by atoms with Crippen molar-refractivity contribution in [3.05, 3.63) is 84.7 Å². The summed E-state index contributed by atoms with van der Waals surface area (Å²) in [7, 11) is 0. The summed E-state index contributed by atoms with van der Waals surface area (Å²) >= 11 is 0. The van der Waals surface area contributed by atoms with Gasteiger partial charge in [0.25, 0.3) is 5.91 Å². The van der Waals surface area contributed by atoms with Gasteiger partial charge in [-0.15, -0.1) is 0 Å². The fourth-order valence-electron chi connectivity index (χ4n) is 4.42. The van der Waals surface area contributed by atoms with Crippen LogP contribution in [0, 0.1) is 5.92 Å². The van der Waals surface area contributed by atoms with Crippen LogP contribution in [0.3, 0.4) is 0 Å². The number of benzene rings is 3. The molecule has 3 aromatic carbocycles. The molecule has 5 rings (SSSR count). The van der Waals surface area contributed by atoms with Gasteiger partial charge in [0.15, 0.2) is 0 Å². The Hall–Kier alpha value is -3.73. The minimum Gasteiger partial charge on any atom is -0.338 e. The molecule has 0 saturated carbocycles. The fourth-order valence-corrected chi connectivity index (χ4v) is 4.42. The molecule has 1 N–H and O–H groups in total. The molecule has 5 heteroatoms. The number of fused-ring (bicyclic) bond motifs is 2. The van der Waals surface area contributed by atoms with Crippen LogP contribution in [0.4, 0.5) is 5.69 Å². The topological polar surface area (TPSA) is 62.3 Å². The third kappa shape index (κ3) is 3.75. The van der Waals surface area contributed by atoms with Crippen molar-refractivity contribution in [3.63, 3.8) is 0 Å². The molecule has 0 spiro atoms. The average molecular weight is 409 g/mol. The van der Waals surface area contributed by atoms with Crippen molar-refractivity contribution in [1.82, 2.24) is 9.88 Å². The van der Waals surface area contributed by atoms with Crippen LogP contribution in [0.1, 0.15) is 23.2 Å². The van der Waals surface area contributed by atoms with Gasteiger partial charge in [-0.1, -0.05) is 48.5 Å². The molecule has 5 nitrogen and oxygen atoms in total. The van der Waals surface area contributed by atoms with Crippen molar-refractivity contribution in [3.8, 4) is 0 Å². The van der Waals surface area contributed by atoms with E-state index in [-0.39, 0.29) is 17.7 Å². The Morgan fingerprint density at radius 3 is 2.65 bits per heavy atom. The lowest BCUT2D eigenvalue weighted by Crippen LogP contribution is -2.43. The second kappa shape index (κ2) is 8.19. The molecule has 31 heavy (non-hydrogen) atoms. The first-order valence-corrected chi connectivity index (χ1v) is 10.6. The molecule has 1 unspecified atom stereocenters. The second-order valence-electron chi connectivity index (χ2n) is 8.01. The Kier molecular flexibility index (Phi) is 5.08. The van der Waals surface area contributed by atoms with Crippen LogP contribution in [0.2, 0.25) is 0 Å². The van der Waals surface area contributed by atoms with E-state index >= 15 is 0 Å². The highest BCUT2D eigenvalue weighted by atomic mass is 16.2. The largest absolute Gasteiger partial charge is 0.338 e. The SMILES string of the molecule is O=C(Nc1cccc2cnccc12)C1CCCN(C(=O)c2cccc3ccccc23)C1. The van der Waals surface area contributed by atoms with Crippen LogP contribution in [-0.2, 0) is 4.79 Å². The maximum Gasteiger partial charge on any atom is 0.254 e. The number of pyridine rings is 1. The van der Waals surface area contributed by atoms with E-state index in [1.807, 2.05) is 71.6 Å². The Balaban J connectivity index is 1.35. The van der Waals surface area contributed by atoms with Crippen molar-refractivity contribution in [2.45, 2.75) is 12.8 Å². The normalized spacial score (nSPS) is 16.4. The molecule has 1 aliphatic rings. The highest BCUT2D eigenvalue weighted by molar-refractivity contribution is 6.07. The van der Waals surface area contributed by atoms with Gasteiger partial charge in [0.05, 0.1) is 5.92 Å². The van der Waals surface area contributed by atoms with Gasteiger partial charge >= 0.3 is 0 Å². The molecular weight excluding hydrogens is 386 g/mol. The Bertz CT molecular complexity index is 1270. The third-order valence-corrected chi connectivity index (χ3v) is 6.04. The molecule has 1 aliphatic heterocycles.